The third kappa shape index (κ3) is 3.01. The van der Waals surface area contributed by atoms with Crippen LogP contribution in [0, 0.1) is 11.8 Å². The second kappa shape index (κ2) is 6.75. The highest BCUT2D eigenvalue weighted by Crippen LogP contribution is 2.41. The molecule has 0 unspecified atom stereocenters. The van der Waals surface area contributed by atoms with Crippen LogP contribution in [0.1, 0.15) is 27.3 Å². The van der Waals surface area contributed by atoms with Crippen molar-refractivity contribution in [2.75, 3.05) is 31.1 Å². The number of aromatic nitrogens is 2. The van der Waals surface area contributed by atoms with Crippen molar-refractivity contribution in [3.63, 3.8) is 0 Å². The number of aromatic amines is 1. The Balaban J connectivity index is 1.29. The lowest BCUT2D eigenvalue weighted by Crippen LogP contribution is -2.34. The Kier molecular flexibility index (Phi) is 4.26. The average molecular weight is 419 g/mol. The van der Waals surface area contributed by atoms with Crippen LogP contribution in [0.4, 0.5) is 18.9 Å². The summed E-state index contributed by atoms with van der Waals surface area (Å²) in [6.45, 7) is 2.73. The molecule has 0 aliphatic carbocycles. The molecule has 7 nitrogen and oxygen atoms in total. The number of fused-ring (bicyclic) bond motifs is 2. The molecule has 2 atom stereocenters. The van der Waals surface area contributed by atoms with Gasteiger partial charge >= 0.3 is 6.18 Å². The second-order valence-electron chi connectivity index (χ2n) is 8.19. The molecule has 0 saturated carbocycles. The lowest BCUT2D eigenvalue weighted by molar-refractivity contribution is -0.137. The Labute approximate surface area is 170 Å². The van der Waals surface area contributed by atoms with E-state index in [1.807, 2.05) is 0 Å². The lowest BCUT2D eigenvalue weighted by Gasteiger charge is -2.25. The van der Waals surface area contributed by atoms with E-state index in [0.717, 1.165) is 23.7 Å². The van der Waals surface area contributed by atoms with E-state index in [9.17, 15) is 22.8 Å². The van der Waals surface area contributed by atoms with Crippen molar-refractivity contribution >= 4 is 18.0 Å². The molecule has 3 aliphatic rings. The van der Waals surface area contributed by atoms with Gasteiger partial charge in [-0.2, -0.15) is 18.3 Å². The summed E-state index contributed by atoms with van der Waals surface area (Å²) in [5.74, 6) is 0.0549. The van der Waals surface area contributed by atoms with Gasteiger partial charge in [-0.1, -0.05) is 12.1 Å². The van der Waals surface area contributed by atoms with Crippen molar-refractivity contribution in [2.24, 2.45) is 11.8 Å². The summed E-state index contributed by atoms with van der Waals surface area (Å²) >= 11 is 0. The highest BCUT2D eigenvalue weighted by Gasteiger charge is 2.45. The van der Waals surface area contributed by atoms with E-state index in [0.29, 0.717) is 45.0 Å². The minimum atomic E-state index is -4.40. The summed E-state index contributed by atoms with van der Waals surface area (Å²) in [6, 6.07) is 5.64. The zero-order valence-electron chi connectivity index (χ0n) is 16.0. The molecule has 10 heteroatoms. The topological polar surface area (TPSA) is 72.5 Å². The molecule has 5 rings (SSSR count). The standard InChI is InChI=1S/C20H20F3N5O2/c21-20(22,23)15-3-1-2-4-17(15)27-5-12-7-28(8-13(12)6-27)19(30)18-14-9-26(11-29)10-16(14)24-25-18/h1-4,11-13H,5-10H2,(H,24,25)/t12-,13+. The predicted molar refractivity (Wildman–Crippen MR) is 100 cm³/mol. The van der Waals surface area contributed by atoms with Crippen LogP contribution >= 0.6 is 0 Å². The number of carbonyl (C=O) groups is 2. The minimum absolute atomic E-state index is 0.119. The Hall–Kier alpha value is -3.04. The van der Waals surface area contributed by atoms with Crippen LogP contribution in [0.25, 0.3) is 0 Å². The fraction of sp³-hybridized carbons (Fsp3) is 0.450. The molecule has 4 heterocycles. The summed E-state index contributed by atoms with van der Waals surface area (Å²) in [5, 5.41) is 6.99. The Bertz CT molecular complexity index is 991. The summed E-state index contributed by atoms with van der Waals surface area (Å²) < 4.78 is 40.1. The molecule has 3 aliphatic heterocycles. The van der Waals surface area contributed by atoms with Crippen molar-refractivity contribution < 1.29 is 22.8 Å². The molecule has 158 valence electrons. The molecule has 1 aromatic heterocycles. The fourth-order valence-electron chi connectivity index (χ4n) is 4.91. The van der Waals surface area contributed by atoms with Gasteiger partial charge < -0.3 is 14.7 Å². The molecule has 2 saturated heterocycles. The monoisotopic (exact) mass is 419 g/mol. The molecule has 2 aromatic rings. The average Bonchev–Trinajstić information content (AvgIpc) is 3.45. The molecule has 0 radical (unpaired) electrons. The van der Waals surface area contributed by atoms with Crippen molar-refractivity contribution in [1.82, 2.24) is 20.0 Å². The molecule has 0 spiro atoms. The fourth-order valence-corrected chi connectivity index (χ4v) is 4.91. The summed E-state index contributed by atoms with van der Waals surface area (Å²) in [5.41, 5.74) is 1.46. The Morgan fingerprint density at radius 1 is 1.10 bits per heavy atom. The van der Waals surface area contributed by atoms with Crippen LogP contribution in [0.15, 0.2) is 24.3 Å². The van der Waals surface area contributed by atoms with Gasteiger partial charge in [0.15, 0.2) is 5.69 Å². The van der Waals surface area contributed by atoms with Gasteiger partial charge in [0.05, 0.1) is 24.3 Å². The van der Waals surface area contributed by atoms with Crippen LogP contribution in [0.2, 0.25) is 0 Å². The maximum atomic E-state index is 13.4. The second-order valence-corrected chi connectivity index (χ2v) is 8.19. The number of carbonyl (C=O) groups excluding carboxylic acids is 2. The van der Waals surface area contributed by atoms with Crippen LogP contribution in [-0.4, -0.2) is 58.5 Å². The van der Waals surface area contributed by atoms with Gasteiger partial charge in [-0.25, -0.2) is 0 Å². The number of benzene rings is 1. The number of hydrogen-bond acceptors (Lipinski definition) is 4. The van der Waals surface area contributed by atoms with Gasteiger partial charge in [-0.3, -0.25) is 14.7 Å². The number of rotatable bonds is 3. The van der Waals surface area contributed by atoms with E-state index in [1.165, 1.54) is 12.1 Å². The Morgan fingerprint density at radius 2 is 1.80 bits per heavy atom. The predicted octanol–water partition coefficient (Wildman–Crippen LogP) is 2.11. The normalized spacial score (nSPS) is 23.1. The molecule has 2 amide bonds. The molecule has 1 aromatic carbocycles. The zero-order chi connectivity index (χ0) is 21.0. The van der Waals surface area contributed by atoms with E-state index in [-0.39, 0.29) is 23.4 Å². The number of para-hydroxylation sites is 1. The van der Waals surface area contributed by atoms with Gasteiger partial charge in [0, 0.05) is 49.3 Å². The van der Waals surface area contributed by atoms with Gasteiger partial charge in [0.2, 0.25) is 6.41 Å². The molecular formula is C20H20F3N5O2. The van der Waals surface area contributed by atoms with Crippen molar-refractivity contribution in [3.8, 4) is 0 Å². The molecule has 0 bridgehead atoms. The van der Waals surface area contributed by atoms with E-state index in [2.05, 4.69) is 10.2 Å². The largest absolute Gasteiger partial charge is 0.418 e. The van der Waals surface area contributed by atoms with Crippen molar-refractivity contribution in [2.45, 2.75) is 19.3 Å². The van der Waals surface area contributed by atoms with Gasteiger partial charge in [0.25, 0.3) is 5.91 Å². The summed E-state index contributed by atoms with van der Waals surface area (Å²) in [6.07, 6.45) is -3.65. The molecule has 1 N–H and O–H groups in total. The Morgan fingerprint density at radius 3 is 2.47 bits per heavy atom. The van der Waals surface area contributed by atoms with Crippen molar-refractivity contribution in [3.05, 3.63) is 46.8 Å². The molecular weight excluding hydrogens is 399 g/mol. The SMILES string of the molecule is O=CN1Cc2[nH]nc(C(=O)N3C[C@@H]4CN(c5ccccc5C(F)(F)F)C[C@@H]4C3)c2C1. The van der Waals surface area contributed by atoms with E-state index in [4.69, 9.17) is 0 Å². The van der Waals surface area contributed by atoms with E-state index in [1.54, 1.807) is 20.8 Å². The lowest BCUT2D eigenvalue weighted by atomic mass is 10.0. The van der Waals surface area contributed by atoms with Crippen LogP contribution in [0.5, 0.6) is 0 Å². The summed E-state index contributed by atoms with van der Waals surface area (Å²) in [4.78, 5) is 29.1. The van der Waals surface area contributed by atoms with Gasteiger partial charge in [-0.05, 0) is 12.1 Å². The number of amides is 2. The first kappa shape index (κ1) is 19.0. The number of anilines is 1. The number of halogens is 3. The van der Waals surface area contributed by atoms with E-state index < -0.39 is 11.7 Å². The van der Waals surface area contributed by atoms with Crippen LogP contribution < -0.4 is 4.90 Å². The van der Waals surface area contributed by atoms with Gasteiger partial charge in [0.1, 0.15) is 0 Å². The minimum Gasteiger partial charge on any atom is -0.370 e. The van der Waals surface area contributed by atoms with Crippen LogP contribution in [-0.2, 0) is 24.1 Å². The quantitative estimate of drug-likeness (QED) is 0.774. The van der Waals surface area contributed by atoms with Crippen molar-refractivity contribution in [1.29, 1.82) is 0 Å². The van der Waals surface area contributed by atoms with Gasteiger partial charge in [-0.15, -0.1) is 0 Å². The maximum Gasteiger partial charge on any atom is 0.418 e. The van der Waals surface area contributed by atoms with E-state index >= 15 is 0 Å². The number of likely N-dealkylation sites (tertiary alicyclic amines) is 1. The molecule has 30 heavy (non-hydrogen) atoms. The third-order valence-electron chi connectivity index (χ3n) is 6.35. The highest BCUT2D eigenvalue weighted by molar-refractivity contribution is 5.94. The first-order valence-electron chi connectivity index (χ1n) is 9.81. The summed E-state index contributed by atoms with van der Waals surface area (Å²) in [7, 11) is 0. The number of nitrogens with one attached hydrogen (secondary N) is 1. The number of hydrogen-bond donors (Lipinski definition) is 1. The number of H-pyrrole nitrogens is 1. The molecule has 2 fully saturated rings. The maximum absolute atomic E-state index is 13.4. The first-order valence-corrected chi connectivity index (χ1v) is 9.81. The zero-order valence-corrected chi connectivity index (χ0v) is 16.0. The van der Waals surface area contributed by atoms with Crippen LogP contribution in [0.3, 0.4) is 0 Å². The smallest absolute Gasteiger partial charge is 0.370 e. The third-order valence-corrected chi connectivity index (χ3v) is 6.35. The first-order chi connectivity index (χ1) is 14.3. The number of alkyl halides is 3. The highest BCUT2D eigenvalue weighted by atomic mass is 19.4. The number of nitrogens with zero attached hydrogens (tertiary/aromatic N) is 4.